The Balaban J connectivity index is 4.21. The number of likely N-dealkylation sites (N-methyl/N-ethyl adjacent to an activating group) is 1. The maximum atomic E-state index is 11.7. The largest absolute Gasteiger partial charge is 0.383 e. The number of carbonyl (C=O) groups excluding carboxylic acids is 2. The highest BCUT2D eigenvalue weighted by Gasteiger charge is 2.25. The van der Waals surface area contributed by atoms with Crippen molar-refractivity contribution in [3.05, 3.63) is 12.3 Å². The molecule has 0 saturated heterocycles. The van der Waals surface area contributed by atoms with E-state index in [4.69, 9.17) is 0 Å². The fourth-order valence-corrected chi connectivity index (χ4v) is 1.03. The molecule has 0 heterocycles. The van der Waals surface area contributed by atoms with Gasteiger partial charge in [0.1, 0.15) is 5.60 Å². The van der Waals surface area contributed by atoms with Crippen LogP contribution in [0.4, 0.5) is 0 Å². The lowest BCUT2D eigenvalue weighted by molar-refractivity contribution is -0.140. The van der Waals surface area contributed by atoms with Crippen molar-refractivity contribution < 1.29 is 14.7 Å². The van der Waals surface area contributed by atoms with Gasteiger partial charge in [-0.2, -0.15) is 0 Å². The zero-order valence-corrected chi connectivity index (χ0v) is 11.9. The molecule has 0 aromatic rings. The van der Waals surface area contributed by atoms with Gasteiger partial charge in [-0.1, -0.05) is 20.4 Å². The number of allylic oxidation sites excluding steroid dienone is 1. The maximum absolute atomic E-state index is 11.7. The third kappa shape index (κ3) is 5.82. The number of ketones is 1. The summed E-state index contributed by atoms with van der Waals surface area (Å²) in [7, 11) is 1.53. The number of Topliss-reactive ketones (excluding diaryl/α,β-unsaturated/α-hetero) is 1. The lowest BCUT2D eigenvalue weighted by Gasteiger charge is -2.22. The second-order valence-electron chi connectivity index (χ2n) is 5.27. The quantitative estimate of drug-likeness (QED) is 0.697. The van der Waals surface area contributed by atoms with Crippen LogP contribution in [0.15, 0.2) is 12.3 Å². The molecule has 0 rings (SSSR count). The molecule has 1 amide bonds. The van der Waals surface area contributed by atoms with Gasteiger partial charge in [-0.15, -0.1) is 0 Å². The van der Waals surface area contributed by atoms with E-state index in [2.05, 4.69) is 11.9 Å². The standard InChI is InChI=1S/C13H24N2O3/c1-9(2)10(3)14-7-12(17)15(6)8-11(16)13(4,5)18/h9,14,18H,3,7-8H2,1-2,4-6H3. The van der Waals surface area contributed by atoms with Crippen LogP contribution in [0.5, 0.6) is 0 Å². The lowest BCUT2D eigenvalue weighted by atomic mass is 10.0. The van der Waals surface area contributed by atoms with Gasteiger partial charge in [0, 0.05) is 12.7 Å². The van der Waals surface area contributed by atoms with Gasteiger partial charge in [-0.05, 0) is 19.8 Å². The molecular weight excluding hydrogens is 232 g/mol. The minimum atomic E-state index is -1.41. The zero-order valence-electron chi connectivity index (χ0n) is 11.9. The molecule has 0 aliphatic carbocycles. The molecule has 0 aromatic carbocycles. The lowest BCUT2D eigenvalue weighted by Crippen LogP contribution is -2.44. The van der Waals surface area contributed by atoms with Gasteiger partial charge in [0.15, 0.2) is 5.78 Å². The number of aliphatic hydroxyl groups is 1. The highest BCUT2D eigenvalue weighted by molar-refractivity contribution is 5.91. The van der Waals surface area contributed by atoms with Crippen LogP contribution in [0.2, 0.25) is 0 Å². The summed E-state index contributed by atoms with van der Waals surface area (Å²) in [5.41, 5.74) is -0.630. The summed E-state index contributed by atoms with van der Waals surface area (Å²) < 4.78 is 0. The van der Waals surface area contributed by atoms with Crippen molar-refractivity contribution in [3.8, 4) is 0 Å². The van der Waals surface area contributed by atoms with E-state index >= 15 is 0 Å². The van der Waals surface area contributed by atoms with Crippen LogP contribution in [0.1, 0.15) is 27.7 Å². The van der Waals surface area contributed by atoms with E-state index in [1.807, 2.05) is 13.8 Å². The minimum Gasteiger partial charge on any atom is -0.383 e. The Bertz CT molecular complexity index is 330. The number of nitrogens with one attached hydrogen (secondary N) is 1. The third-order valence-electron chi connectivity index (χ3n) is 2.65. The molecule has 0 atom stereocenters. The zero-order chi connectivity index (χ0) is 14.5. The van der Waals surface area contributed by atoms with Gasteiger partial charge in [0.2, 0.25) is 5.91 Å². The van der Waals surface area contributed by atoms with Crippen molar-refractivity contribution in [2.75, 3.05) is 20.1 Å². The molecule has 0 aromatic heterocycles. The summed E-state index contributed by atoms with van der Waals surface area (Å²) >= 11 is 0. The molecule has 0 aliphatic heterocycles. The highest BCUT2D eigenvalue weighted by Crippen LogP contribution is 2.04. The van der Waals surface area contributed by atoms with E-state index in [-0.39, 0.29) is 30.7 Å². The Labute approximate surface area is 109 Å². The number of hydrogen-bond acceptors (Lipinski definition) is 4. The second kappa shape index (κ2) is 6.54. The van der Waals surface area contributed by atoms with Crippen LogP contribution in [-0.4, -0.2) is 47.4 Å². The first kappa shape index (κ1) is 16.6. The summed E-state index contributed by atoms with van der Waals surface area (Å²) in [6.45, 7) is 10.6. The van der Waals surface area contributed by atoms with Crippen LogP contribution in [-0.2, 0) is 9.59 Å². The Hall–Kier alpha value is -1.36. The van der Waals surface area contributed by atoms with Gasteiger partial charge in [-0.25, -0.2) is 0 Å². The topological polar surface area (TPSA) is 69.6 Å². The highest BCUT2D eigenvalue weighted by atomic mass is 16.3. The van der Waals surface area contributed by atoms with E-state index in [0.29, 0.717) is 0 Å². The first-order chi connectivity index (χ1) is 8.05. The predicted molar refractivity (Wildman–Crippen MR) is 70.9 cm³/mol. The molecule has 0 radical (unpaired) electrons. The number of rotatable bonds is 7. The van der Waals surface area contributed by atoms with Crippen molar-refractivity contribution >= 4 is 11.7 Å². The average Bonchev–Trinajstić information content (AvgIpc) is 2.23. The molecule has 0 fully saturated rings. The molecule has 2 N–H and O–H groups in total. The molecule has 5 nitrogen and oxygen atoms in total. The fraction of sp³-hybridized carbons (Fsp3) is 0.692. The first-order valence-electron chi connectivity index (χ1n) is 5.98. The Kier molecular flexibility index (Phi) is 6.05. The number of hydrogen-bond donors (Lipinski definition) is 2. The molecule has 0 aliphatic rings. The summed E-state index contributed by atoms with van der Waals surface area (Å²) in [6.07, 6.45) is 0. The summed E-state index contributed by atoms with van der Waals surface area (Å²) in [4.78, 5) is 24.6. The molecule has 0 spiro atoms. The first-order valence-corrected chi connectivity index (χ1v) is 5.98. The molecule has 0 saturated carbocycles. The summed E-state index contributed by atoms with van der Waals surface area (Å²) in [5, 5.41) is 12.4. The summed E-state index contributed by atoms with van der Waals surface area (Å²) in [5.74, 6) is -0.350. The number of amides is 1. The smallest absolute Gasteiger partial charge is 0.242 e. The van der Waals surface area contributed by atoms with Gasteiger partial charge >= 0.3 is 0 Å². The van der Waals surface area contributed by atoms with Crippen LogP contribution in [0.3, 0.4) is 0 Å². The monoisotopic (exact) mass is 256 g/mol. The summed E-state index contributed by atoms with van der Waals surface area (Å²) in [6, 6.07) is 0. The van der Waals surface area contributed by atoms with Crippen LogP contribution in [0.25, 0.3) is 0 Å². The Morgan fingerprint density at radius 1 is 1.39 bits per heavy atom. The van der Waals surface area contributed by atoms with Gasteiger partial charge in [0.25, 0.3) is 0 Å². The van der Waals surface area contributed by atoms with Gasteiger partial charge in [0.05, 0.1) is 13.1 Å². The van der Waals surface area contributed by atoms with E-state index in [1.54, 1.807) is 0 Å². The van der Waals surface area contributed by atoms with Crippen LogP contribution in [0, 0.1) is 5.92 Å². The van der Waals surface area contributed by atoms with Crippen LogP contribution >= 0.6 is 0 Å². The third-order valence-corrected chi connectivity index (χ3v) is 2.65. The minimum absolute atomic E-state index is 0.0990. The van der Waals surface area contributed by atoms with Gasteiger partial charge < -0.3 is 15.3 Å². The van der Waals surface area contributed by atoms with Crippen molar-refractivity contribution in [2.45, 2.75) is 33.3 Å². The Morgan fingerprint density at radius 2 is 1.89 bits per heavy atom. The molecule has 18 heavy (non-hydrogen) atoms. The second-order valence-corrected chi connectivity index (χ2v) is 5.27. The van der Waals surface area contributed by atoms with Crippen LogP contribution < -0.4 is 5.32 Å². The average molecular weight is 256 g/mol. The normalized spacial score (nSPS) is 11.3. The van der Waals surface area contributed by atoms with E-state index < -0.39 is 5.60 Å². The van der Waals surface area contributed by atoms with E-state index in [1.165, 1.54) is 25.8 Å². The fourth-order valence-electron chi connectivity index (χ4n) is 1.03. The van der Waals surface area contributed by atoms with Crippen molar-refractivity contribution in [1.82, 2.24) is 10.2 Å². The molecular formula is C13H24N2O3. The Morgan fingerprint density at radius 3 is 2.28 bits per heavy atom. The molecule has 104 valence electrons. The SMILES string of the molecule is C=C(NCC(=O)N(C)CC(=O)C(C)(C)O)C(C)C. The predicted octanol–water partition coefficient (Wildman–Crippen LogP) is 0.544. The molecule has 0 unspecified atom stereocenters. The van der Waals surface area contributed by atoms with E-state index in [0.717, 1.165) is 5.70 Å². The van der Waals surface area contributed by atoms with Crippen molar-refractivity contribution in [2.24, 2.45) is 5.92 Å². The molecule has 5 heteroatoms. The van der Waals surface area contributed by atoms with E-state index in [9.17, 15) is 14.7 Å². The molecule has 0 bridgehead atoms. The van der Waals surface area contributed by atoms with Crippen molar-refractivity contribution in [1.29, 1.82) is 0 Å². The number of carbonyl (C=O) groups is 2. The van der Waals surface area contributed by atoms with Gasteiger partial charge in [-0.3, -0.25) is 9.59 Å². The number of nitrogens with zero attached hydrogens (tertiary/aromatic N) is 1. The van der Waals surface area contributed by atoms with Crippen molar-refractivity contribution in [3.63, 3.8) is 0 Å². The maximum Gasteiger partial charge on any atom is 0.242 e.